The predicted octanol–water partition coefficient (Wildman–Crippen LogP) is 4.39. The van der Waals surface area contributed by atoms with Crippen LogP contribution in [0.5, 0.6) is 0 Å². The number of unbranched alkanes of at least 4 members (excludes halogenated alkanes) is 15. The van der Waals surface area contributed by atoms with E-state index in [-0.39, 0.29) is 12.3 Å². The number of hydrogen-bond donors (Lipinski definition) is 7. The molecule has 0 radical (unpaired) electrons. The van der Waals surface area contributed by atoms with Gasteiger partial charge in [0.15, 0.2) is 0 Å². The Morgan fingerprint density at radius 1 is 0.489 bits per heavy atom. The molecule has 0 saturated carbocycles. The lowest BCUT2D eigenvalue weighted by Gasteiger charge is -2.25. The van der Waals surface area contributed by atoms with Gasteiger partial charge < -0.3 is 38.3 Å². The maximum absolute atomic E-state index is 13.3. The van der Waals surface area contributed by atoms with Crippen molar-refractivity contribution in [2.45, 2.75) is 173 Å². The van der Waals surface area contributed by atoms with Gasteiger partial charge in [-0.2, -0.15) is 0 Å². The van der Waals surface area contributed by atoms with Crippen molar-refractivity contribution >= 4 is 23.7 Å². The first kappa shape index (κ1) is 42.8. The second-order valence-corrected chi connectivity index (χ2v) is 12.4. The third-order valence-corrected chi connectivity index (χ3v) is 8.25. The van der Waals surface area contributed by atoms with Gasteiger partial charge in [-0.1, -0.05) is 84.0 Å². The number of hydrogen-bond acceptors (Lipinski definition) is 7. The van der Waals surface area contributed by atoms with E-state index in [0.717, 1.165) is 19.3 Å². The van der Waals surface area contributed by atoms with E-state index < -0.39 is 35.9 Å². The number of amides is 3. The van der Waals surface area contributed by atoms with Crippen molar-refractivity contribution in [3.63, 3.8) is 0 Å². The summed E-state index contributed by atoms with van der Waals surface area (Å²) in [7, 11) is 0. The van der Waals surface area contributed by atoms with Crippen LogP contribution in [-0.2, 0) is 19.2 Å². The summed E-state index contributed by atoms with van der Waals surface area (Å²) in [5, 5.41) is 17.8. The second-order valence-electron chi connectivity index (χ2n) is 12.4. The molecule has 264 valence electrons. The number of carbonyl (C=O) groups excluding carboxylic acids is 3. The maximum atomic E-state index is 13.3. The van der Waals surface area contributed by atoms with Crippen LogP contribution < -0.4 is 33.2 Å². The van der Waals surface area contributed by atoms with Crippen LogP contribution in [0.15, 0.2) is 0 Å². The molecule has 0 aliphatic heterocycles. The minimum Gasteiger partial charge on any atom is -0.480 e. The molecule has 11 nitrogen and oxygen atoms in total. The van der Waals surface area contributed by atoms with Crippen molar-refractivity contribution in [2.75, 3.05) is 19.6 Å². The van der Waals surface area contributed by atoms with Gasteiger partial charge in [0.1, 0.15) is 18.1 Å². The monoisotopic (exact) mass is 641 g/mol. The summed E-state index contributed by atoms with van der Waals surface area (Å²) in [4.78, 5) is 51.0. The van der Waals surface area contributed by atoms with E-state index in [4.69, 9.17) is 17.2 Å². The Hall–Kier alpha value is -2.24. The first-order valence-corrected chi connectivity index (χ1v) is 18.0. The normalized spacial score (nSPS) is 13.2. The lowest BCUT2D eigenvalue weighted by Crippen LogP contribution is -2.55. The van der Waals surface area contributed by atoms with Gasteiger partial charge in [-0.15, -0.1) is 0 Å². The highest BCUT2D eigenvalue weighted by Gasteiger charge is 2.29. The molecular formula is C34H68N6O5. The Kier molecular flexibility index (Phi) is 28.9. The largest absolute Gasteiger partial charge is 0.480 e. The molecule has 0 rings (SSSR count). The summed E-state index contributed by atoms with van der Waals surface area (Å²) in [6, 6.07) is -2.80. The van der Waals surface area contributed by atoms with Crippen LogP contribution in [0.4, 0.5) is 0 Å². The second kappa shape index (κ2) is 30.4. The third kappa shape index (κ3) is 24.6. The predicted molar refractivity (Wildman–Crippen MR) is 182 cm³/mol. The smallest absolute Gasteiger partial charge is 0.326 e. The van der Waals surface area contributed by atoms with E-state index in [2.05, 4.69) is 22.9 Å². The van der Waals surface area contributed by atoms with Crippen molar-refractivity contribution in [1.29, 1.82) is 0 Å². The summed E-state index contributed by atoms with van der Waals surface area (Å²) in [5.41, 5.74) is 16.8. The van der Waals surface area contributed by atoms with Gasteiger partial charge in [-0.25, -0.2) is 4.79 Å². The van der Waals surface area contributed by atoms with Crippen molar-refractivity contribution in [3.05, 3.63) is 0 Å². The average Bonchev–Trinajstić information content (AvgIpc) is 3.01. The van der Waals surface area contributed by atoms with Crippen LogP contribution in [-0.4, -0.2) is 66.6 Å². The van der Waals surface area contributed by atoms with Crippen molar-refractivity contribution < 1.29 is 24.3 Å². The highest BCUT2D eigenvalue weighted by atomic mass is 16.4. The molecule has 0 heterocycles. The third-order valence-electron chi connectivity index (χ3n) is 8.25. The van der Waals surface area contributed by atoms with E-state index in [1.54, 1.807) is 0 Å². The number of rotatable bonds is 32. The number of carboxylic acid groups (broad SMARTS) is 1. The highest BCUT2D eigenvalue weighted by molar-refractivity contribution is 5.93. The molecule has 11 heteroatoms. The van der Waals surface area contributed by atoms with Gasteiger partial charge in [0.25, 0.3) is 0 Å². The number of aliphatic carboxylic acids is 1. The fraction of sp³-hybridized carbons (Fsp3) is 0.882. The number of nitrogens with one attached hydrogen (secondary N) is 3. The Labute approximate surface area is 273 Å². The van der Waals surface area contributed by atoms with Crippen molar-refractivity contribution in [1.82, 2.24) is 16.0 Å². The molecule has 0 saturated heterocycles. The molecule has 0 aromatic heterocycles. The molecule has 0 aromatic rings. The zero-order valence-corrected chi connectivity index (χ0v) is 28.4. The van der Waals surface area contributed by atoms with Gasteiger partial charge in [-0.05, 0) is 83.8 Å². The van der Waals surface area contributed by atoms with Gasteiger partial charge in [-0.3, -0.25) is 14.4 Å². The Morgan fingerprint density at radius 2 is 0.844 bits per heavy atom. The Bertz CT molecular complexity index is 769. The molecule has 0 spiro atoms. The molecule has 0 unspecified atom stereocenters. The molecular weight excluding hydrogens is 572 g/mol. The van der Waals surface area contributed by atoms with Crippen molar-refractivity contribution in [2.24, 2.45) is 17.2 Å². The zero-order chi connectivity index (χ0) is 33.5. The lowest BCUT2D eigenvalue weighted by atomic mass is 10.0. The van der Waals surface area contributed by atoms with Gasteiger partial charge in [0, 0.05) is 6.42 Å². The van der Waals surface area contributed by atoms with Gasteiger partial charge in [0.05, 0.1) is 0 Å². The van der Waals surface area contributed by atoms with Crippen LogP contribution >= 0.6 is 0 Å². The summed E-state index contributed by atoms with van der Waals surface area (Å²) in [5.74, 6) is -2.32. The minimum atomic E-state index is -1.13. The van der Waals surface area contributed by atoms with E-state index in [0.29, 0.717) is 77.4 Å². The van der Waals surface area contributed by atoms with E-state index in [1.807, 2.05) is 0 Å². The molecule has 3 amide bonds. The molecule has 0 aliphatic carbocycles. The maximum Gasteiger partial charge on any atom is 0.326 e. The summed E-state index contributed by atoms with van der Waals surface area (Å²) in [6.45, 7) is 3.60. The number of carbonyl (C=O) groups is 4. The van der Waals surface area contributed by atoms with Crippen LogP contribution in [0.3, 0.4) is 0 Å². The fourth-order valence-corrected chi connectivity index (χ4v) is 5.39. The molecule has 45 heavy (non-hydrogen) atoms. The standard InChI is InChI=1S/C34H68N6O5/c1-2-3-4-5-6-7-8-9-10-11-12-13-14-24-31(41)38-28(21-15-18-25-35)32(42)39-29(22-16-19-26-36)33(43)40-30(34(44)45)23-17-20-27-37/h28-30H,2-27,35-37H2,1H3,(H,38,41)(H,39,42)(H,40,43)(H,44,45)/t28-,29-,30-/m0/s1. The van der Waals surface area contributed by atoms with Crippen LogP contribution in [0, 0.1) is 0 Å². The molecule has 0 aliphatic rings. The SMILES string of the molecule is CCCCCCCCCCCCCCCC(=O)N[C@@H](CCCCN)C(=O)N[C@@H](CCCCN)C(=O)N[C@@H](CCCCN)C(=O)O. The summed E-state index contributed by atoms with van der Waals surface area (Å²) in [6.07, 6.45) is 21.1. The summed E-state index contributed by atoms with van der Waals surface area (Å²) < 4.78 is 0. The Morgan fingerprint density at radius 3 is 1.24 bits per heavy atom. The molecule has 0 fully saturated rings. The molecule has 3 atom stereocenters. The first-order valence-electron chi connectivity index (χ1n) is 18.0. The minimum absolute atomic E-state index is 0.180. The molecule has 10 N–H and O–H groups in total. The lowest BCUT2D eigenvalue weighted by molar-refractivity contribution is -0.142. The first-order chi connectivity index (χ1) is 21.8. The Balaban J connectivity index is 4.83. The fourth-order valence-electron chi connectivity index (χ4n) is 5.39. The van der Waals surface area contributed by atoms with E-state index in [1.165, 1.54) is 64.2 Å². The van der Waals surface area contributed by atoms with E-state index >= 15 is 0 Å². The molecule has 0 aromatic carbocycles. The van der Waals surface area contributed by atoms with Gasteiger partial charge in [0.2, 0.25) is 17.7 Å². The summed E-state index contributed by atoms with van der Waals surface area (Å²) >= 11 is 0. The van der Waals surface area contributed by atoms with Crippen LogP contribution in [0.1, 0.15) is 155 Å². The number of nitrogens with two attached hydrogens (primary N) is 3. The van der Waals surface area contributed by atoms with Crippen molar-refractivity contribution in [3.8, 4) is 0 Å². The quantitative estimate of drug-likeness (QED) is 0.0524. The topological polar surface area (TPSA) is 203 Å². The van der Waals surface area contributed by atoms with Crippen LogP contribution in [0.2, 0.25) is 0 Å². The average molecular weight is 641 g/mol. The highest BCUT2D eigenvalue weighted by Crippen LogP contribution is 2.13. The number of carboxylic acids is 1. The van der Waals surface area contributed by atoms with Gasteiger partial charge >= 0.3 is 5.97 Å². The molecule has 0 bridgehead atoms. The van der Waals surface area contributed by atoms with Crippen LogP contribution in [0.25, 0.3) is 0 Å². The zero-order valence-electron chi connectivity index (χ0n) is 28.4. The van der Waals surface area contributed by atoms with E-state index in [9.17, 15) is 24.3 Å².